The van der Waals surface area contributed by atoms with E-state index in [-0.39, 0.29) is 17.5 Å². The molecule has 4 nitrogen and oxygen atoms in total. The van der Waals surface area contributed by atoms with E-state index in [2.05, 4.69) is 5.10 Å². The van der Waals surface area contributed by atoms with Crippen LogP contribution in [0.1, 0.15) is 25.1 Å². The Bertz CT molecular complexity index is 466. The van der Waals surface area contributed by atoms with Gasteiger partial charge >= 0.3 is 0 Å². The maximum Gasteiger partial charge on any atom is 0.152 e. The molecule has 15 heavy (non-hydrogen) atoms. The lowest BCUT2D eigenvalue weighted by Gasteiger charge is -2.09. The number of aryl methyl sites for hydroxylation is 1. The van der Waals surface area contributed by atoms with Crippen LogP contribution in [-0.2, 0) is 16.3 Å². The molecule has 84 valence electrons. The summed E-state index contributed by atoms with van der Waals surface area (Å²) in [7, 11) is -2.88. The number of aromatic nitrogens is 2. The smallest absolute Gasteiger partial charge is 0.152 e. The fourth-order valence-electron chi connectivity index (χ4n) is 1.82. The number of halogens is 1. The molecule has 1 fully saturated rings. The zero-order chi connectivity index (χ0) is 11.1. The number of rotatable bonds is 2. The zero-order valence-corrected chi connectivity index (χ0v) is 10.1. The fraction of sp³-hybridized carbons (Fsp3) is 0.667. The van der Waals surface area contributed by atoms with Gasteiger partial charge in [-0.1, -0.05) is 18.5 Å². The highest BCUT2D eigenvalue weighted by molar-refractivity contribution is 7.91. The highest BCUT2D eigenvalue weighted by atomic mass is 35.5. The molecule has 1 saturated heterocycles. The number of nitrogens with zero attached hydrogens (tertiary/aromatic N) is 2. The molecule has 1 unspecified atom stereocenters. The van der Waals surface area contributed by atoms with Crippen LogP contribution in [0.15, 0.2) is 6.07 Å². The van der Waals surface area contributed by atoms with Gasteiger partial charge in [0.25, 0.3) is 0 Å². The van der Waals surface area contributed by atoms with E-state index in [0.29, 0.717) is 11.6 Å². The second kappa shape index (κ2) is 3.79. The van der Waals surface area contributed by atoms with Crippen molar-refractivity contribution in [2.75, 3.05) is 11.5 Å². The predicted molar refractivity (Wildman–Crippen MR) is 58.9 cm³/mol. The van der Waals surface area contributed by atoms with Crippen LogP contribution in [-0.4, -0.2) is 29.7 Å². The first-order chi connectivity index (χ1) is 7.02. The predicted octanol–water partition coefficient (Wildman–Crippen LogP) is 1.46. The van der Waals surface area contributed by atoms with Crippen LogP contribution in [0.5, 0.6) is 0 Å². The number of hydrogen-bond donors (Lipinski definition) is 0. The molecule has 0 aromatic carbocycles. The van der Waals surface area contributed by atoms with Crippen molar-refractivity contribution in [1.29, 1.82) is 0 Å². The molecule has 1 aromatic rings. The average molecular weight is 249 g/mol. The third kappa shape index (κ3) is 2.18. The molecule has 6 heteroatoms. The summed E-state index contributed by atoms with van der Waals surface area (Å²) in [5.74, 6) is 0.410. The Balaban J connectivity index is 2.27. The quantitative estimate of drug-likeness (QED) is 0.796. The monoisotopic (exact) mass is 248 g/mol. The first-order valence-corrected chi connectivity index (χ1v) is 7.16. The van der Waals surface area contributed by atoms with Gasteiger partial charge in [0.2, 0.25) is 0 Å². The molecular weight excluding hydrogens is 236 g/mol. The van der Waals surface area contributed by atoms with Crippen molar-refractivity contribution >= 4 is 21.4 Å². The van der Waals surface area contributed by atoms with Crippen molar-refractivity contribution in [2.24, 2.45) is 0 Å². The molecule has 0 saturated carbocycles. The molecule has 1 aliphatic heterocycles. The maximum absolute atomic E-state index is 11.3. The van der Waals surface area contributed by atoms with Crippen LogP contribution in [0, 0.1) is 0 Å². The van der Waals surface area contributed by atoms with Crippen molar-refractivity contribution in [2.45, 2.75) is 25.8 Å². The van der Waals surface area contributed by atoms with Crippen molar-refractivity contribution in [1.82, 2.24) is 9.78 Å². The van der Waals surface area contributed by atoms with Crippen LogP contribution in [0.25, 0.3) is 0 Å². The minimum Gasteiger partial charge on any atom is -0.250 e. The van der Waals surface area contributed by atoms with Crippen LogP contribution >= 0.6 is 11.6 Å². The van der Waals surface area contributed by atoms with Gasteiger partial charge in [-0.05, 0) is 18.9 Å². The molecule has 2 heterocycles. The molecule has 0 aliphatic carbocycles. The van der Waals surface area contributed by atoms with Gasteiger partial charge in [-0.15, -0.1) is 0 Å². The van der Waals surface area contributed by atoms with Gasteiger partial charge in [-0.3, -0.25) is 0 Å². The Morgan fingerprint density at radius 1 is 1.67 bits per heavy atom. The minimum atomic E-state index is -2.88. The Morgan fingerprint density at radius 2 is 2.40 bits per heavy atom. The Labute approximate surface area is 94.2 Å². The van der Waals surface area contributed by atoms with Crippen LogP contribution in [0.3, 0.4) is 0 Å². The van der Waals surface area contributed by atoms with E-state index < -0.39 is 9.84 Å². The normalized spacial score (nSPS) is 24.5. The summed E-state index contributed by atoms with van der Waals surface area (Å²) in [5.41, 5.74) is 0.907. The summed E-state index contributed by atoms with van der Waals surface area (Å²) in [6.07, 6.45) is 1.43. The van der Waals surface area contributed by atoms with Gasteiger partial charge in [0.1, 0.15) is 5.15 Å². The first kappa shape index (κ1) is 11.0. The largest absolute Gasteiger partial charge is 0.250 e. The first-order valence-electron chi connectivity index (χ1n) is 4.96. The summed E-state index contributed by atoms with van der Waals surface area (Å²) in [6.45, 7) is 1.99. The van der Waals surface area contributed by atoms with E-state index in [1.165, 1.54) is 0 Å². The minimum absolute atomic E-state index is 0.0807. The topological polar surface area (TPSA) is 52.0 Å². The molecule has 1 aromatic heterocycles. The summed E-state index contributed by atoms with van der Waals surface area (Å²) in [4.78, 5) is 0. The van der Waals surface area contributed by atoms with Crippen LogP contribution in [0.4, 0.5) is 0 Å². The molecule has 0 radical (unpaired) electrons. The van der Waals surface area contributed by atoms with Gasteiger partial charge in [0.15, 0.2) is 9.84 Å². The standard InChI is InChI=1S/C9H13ClN2O2S/c1-2-7-5-9(10)12(11-7)8-3-4-15(13,14)6-8/h5,8H,2-4,6H2,1H3. The van der Waals surface area contributed by atoms with Gasteiger partial charge < -0.3 is 0 Å². The number of hydrogen-bond acceptors (Lipinski definition) is 3. The third-order valence-electron chi connectivity index (χ3n) is 2.66. The lowest BCUT2D eigenvalue weighted by Crippen LogP contribution is -2.12. The van der Waals surface area contributed by atoms with Gasteiger partial charge in [0.05, 0.1) is 23.2 Å². The lowest BCUT2D eigenvalue weighted by atomic mass is 10.3. The van der Waals surface area contributed by atoms with Crippen molar-refractivity contribution in [3.63, 3.8) is 0 Å². The molecule has 0 amide bonds. The summed E-state index contributed by atoms with van der Waals surface area (Å²) in [5, 5.41) is 4.83. The van der Waals surface area contributed by atoms with Crippen molar-refractivity contribution in [3.8, 4) is 0 Å². The molecule has 1 aliphatic rings. The van der Waals surface area contributed by atoms with E-state index in [9.17, 15) is 8.42 Å². The molecule has 1 atom stereocenters. The summed E-state index contributed by atoms with van der Waals surface area (Å²) in [6, 6.07) is 1.72. The van der Waals surface area contributed by atoms with Gasteiger partial charge in [-0.25, -0.2) is 13.1 Å². The Hall–Kier alpha value is -0.550. The molecule has 0 N–H and O–H groups in total. The van der Waals surface area contributed by atoms with E-state index in [4.69, 9.17) is 11.6 Å². The van der Waals surface area contributed by atoms with Crippen LogP contribution < -0.4 is 0 Å². The number of sulfone groups is 1. The van der Waals surface area contributed by atoms with E-state index in [1.54, 1.807) is 10.7 Å². The van der Waals surface area contributed by atoms with Gasteiger partial charge in [-0.2, -0.15) is 5.10 Å². The molecule has 0 spiro atoms. The summed E-state index contributed by atoms with van der Waals surface area (Å²) >= 11 is 6.00. The highest BCUT2D eigenvalue weighted by Crippen LogP contribution is 2.26. The van der Waals surface area contributed by atoms with E-state index >= 15 is 0 Å². The fourth-order valence-corrected chi connectivity index (χ4v) is 3.81. The second-order valence-corrected chi connectivity index (χ2v) is 6.43. The molecular formula is C9H13ClN2O2S. The van der Waals surface area contributed by atoms with Crippen LogP contribution in [0.2, 0.25) is 5.15 Å². The maximum atomic E-state index is 11.3. The molecule has 0 bridgehead atoms. The molecule has 2 rings (SSSR count). The third-order valence-corrected chi connectivity index (χ3v) is 4.69. The zero-order valence-electron chi connectivity index (χ0n) is 8.48. The Morgan fingerprint density at radius 3 is 2.87 bits per heavy atom. The lowest BCUT2D eigenvalue weighted by molar-refractivity contribution is 0.496. The second-order valence-electron chi connectivity index (χ2n) is 3.81. The van der Waals surface area contributed by atoms with Crippen molar-refractivity contribution < 1.29 is 8.42 Å². The van der Waals surface area contributed by atoms with E-state index in [0.717, 1.165) is 12.1 Å². The van der Waals surface area contributed by atoms with Gasteiger partial charge in [0, 0.05) is 0 Å². The summed E-state index contributed by atoms with van der Waals surface area (Å²) < 4.78 is 24.3. The van der Waals surface area contributed by atoms with E-state index in [1.807, 2.05) is 6.92 Å². The average Bonchev–Trinajstić information content (AvgIpc) is 2.69. The SMILES string of the molecule is CCc1cc(Cl)n(C2CCS(=O)(=O)C2)n1. The Kier molecular flexibility index (Phi) is 2.77. The van der Waals surface area contributed by atoms with Crippen molar-refractivity contribution in [3.05, 3.63) is 16.9 Å². The highest BCUT2D eigenvalue weighted by Gasteiger charge is 2.30.